The minimum absolute atomic E-state index is 0.0971. The first kappa shape index (κ1) is 19.2. The van der Waals surface area contributed by atoms with E-state index in [2.05, 4.69) is 31.8 Å². The molecule has 2 aliphatic heterocycles. The molecular weight excluding hydrogens is 362 g/mol. The van der Waals surface area contributed by atoms with Gasteiger partial charge in [-0.3, -0.25) is 20.0 Å². The number of hydrogen-bond acceptors (Lipinski definition) is 9. The summed E-state index contributed by atoms with van der Waals surface area (Å²) in [5.74, 6) is 1.27. The molecule has 2 aliphatic rings. The number of methoxy groups -OCH3 is 2. The lowest BCUT2D eigenvalue weighted by molar-refractivity contribution is 0.0973. The van der Waals surface area contributed by atoms with Gasteiger partial charge in [-0.1, -0.05) is 6.58 Å². The number of nitrogen functional groups attached to an aromatic ring is 1. The number of hydrogen-bond donors (Lipinski definition) is 2. The molecule has 0 saturated carbocycles. The van der Waals surface area contributed by atoms with E-state index in [0.29, 0.717) is 36.3 Å². The molecule has 0 fully saturated rings. The zero-order valence-electron chi connectivity index (χ0n) is 15.7. The average molecular weight is 383 g/mol. The minimum atomic E-state index is -0.395. The smallest absolute Gasteiger partial charge is 0.261 e. The van der Waals surface area contributed by atoms with Crippen LogP contribution in [-0.4, -0.2) is 66.5 Å². The molecule has 0 bridgehead atoms. The van der Waals surface area contributed by atoms with E-state index < -0.39 is 5.91 Å². The fourth-order valence-electron chi connectivity index (χ4n) is 2.65. The summed E-state index contributed by atoms with van der Waals surface area (Å²) in [6.07, 6.45) is 6.27. The molecule has 10 nitrogen and oxygen atoms in total. The Kier molecular flexibility index (Phi) is 5.80. The van der Waals surface area contributed by atoms with Crippen molar-refractivity contribution in [1.82, 2.24) is 20.2 Å². The fraction of sp³-hybridized carbons (Fsp3) is 0.278. The number of nitrogens with zero attached hydrogens (tertiary/aromatic N) is 5. The number of nitrogens with two attached hydrogens (primary N) is 1. The van der Waals surface area contributed by atoms with Crippen molar-refractivity contribution in [2.75, 3.05) is 39.6 Å². The van der Waals surface area contributed by atoms with E-state index in [0.717, 1.165) is 5.57 Å². The maximum Gasteiger partial charge on any atom is 0.261 e. The van der Waals surface area contributed by atoms with Crippen LogP contribution in [0, 0.1) is 0 Å². The number of aliphatic imine (C=N–C) groups is 2. The first-order chi connectivity index (χ1) is 13.5. The summed E-state index contributed by atoms with van der Waals surface area (Å²) >= 11 is 0. The van der Waals surface area contributed by atoms with Crippen molar-refractivity contribution >= 4 is 23.7 Å². The molecule has 1 aromatic rings. The van der Waals surface area contributed by atoms with Gasteiger partial charge in [0.2, 0.25) is 11.9 Å². The van der Waals surface area contributed by atoms with E-state index in [1.165, 1.54) is 12.4 Å². The van der Waals surface area contributed by atoms with E-state index in [1.54, 1.807) is 20.3 Å². The first-order valence-electron chi connectivity index (χ1n) is 8.46. The molecule has 0 atom stereocenters. The highest BCUT2D eigenvalue weighted by atomic mass is 16.5. The zero-order chi connectivity index (χ0) is 20.1. The van der Waals surface area contributed by atoms with Crippen molar-refractivity contribution in [3.8, 4) is 0 Å². The van der Waals surface area contributed by atoms with Gasteiger partial charge in [-0.25, -0.2) is 15.0 Å². The van der Waals surface area contributed by atoms with Crippen molar-refractivity contribution in [2.24, 2.45) is 9.98 Å². The molecule has 3 heterocycles. The van der Waals surface area contributed by atoms with Crippen LogP contribution in [0.3, 0.4) is 0 Å². The van der Waals surface area contributed by atoms with Crippen LogP contribution in [0.15, 0.2) is 58.1 Å². The number of allylic oxidation sites excluding steroid dienone is 1. The van der Waals surface area contributed by atoms with Gasteiger partial charge in [0, 0.05) is 31.6 Å². The second kappa shape index (κ2) is 8.44. The van der Waals surface area contributed by atoms with E-state index in [-0.39, 0.29) is 18.1 Å². The monoisotopic (exact) mass is 383 g/mol. The number of nitrogens with one attached hydrogen (secondary N) is 1. The Morgan fingerprint density at radius 1 is 1.39 bits per heavy atom. The van der Waals surface area contributed by atoms with E-state index in [9.17, 15) is 4.79 Å². The second-order valence-electron chi connectivity index (χ2n) is 5.87. The Balaban J connectivity index is 1.92. The van der Waals surface area contributed by atoms with Crippen LogP contribution in [0.5, 0.6) is 0 Å². The van der Waals surface area contributed by atoms with Crippen molar-refractivity contribution in [2.45, 2.75) is 0 Å². The molecule has 0 aliphatic carbocycles. The van der Waals surface area contributed by atoms with Crippen LogP contribution in [0.4, 0.5) is 5.95 Å². The first-order valence-corrected chi connectivity index (χ1v) is 8.46. The summed E-state index contributed by atoms with van der Waals surface area (Å²) in [6, 6.07) is 0. The standard InChI is InChI=1S/C18H21N7O3/c1-11(28-3)4-5-13-14(10-27-2)23-18(25-7-6-20-15(13)25)24-16(26)12-8-21-17(19)22-9-12/h4-5,8-9H,1,6-7,10H2,2-3H3,(H2,19,21,22)(H,23,24,26)/b5-4-. The normalized spacial score (nSPS) is 16.0. The number of carbonyl (C=O) groups is 1. The molecule has 3 rings (SSSR count). The van der Waals surface area contributed by atoms with Crippen LogP contribution < -0.4 is 11.1 Å². The summed E-state index contributed by atoms with van der Waals surface area (Å²) in [5.41, 5.74) is 7.15. The number of amides is 1. The molecule has 0 radical (unpaired) electrons. The van der Waals surface area contributed by atoms with E-state index in [4.69, 9.17) is 15.2 Å². The number of amidine groups is 1. The number of fused-ring (bicyclic) bond motifs is 1. The van der Waals surface area contributed by atoms with Crippen molar-refractivity contribution < 1.29 is 14.3 Å². The van der Waals surface area contributed by atoms with Gasteiger partial charge in [-0.2, -0.15) is 0 Å². The topological polar surface area (TPSA) is 127 Å². The quantitative estimate of drug-likeness (QED) is 0.540. The maximum absolute atomic E-state index is 12.5. The highest BCUT2D eigenvalue weighted by molar-refractivity contribution is 6.17. The van der Waals surface area contributed by atoms with Crippen LogP contribution in [0.1, 0.15) is 10.4 Å². The fourth-order valence-corrected chi connectivity index (χ4v) is 2.65. The van der Waals surface area contributed by atoms with Crippen LogP contribution in [0.2, 0.25) is 0 Å². The largest absolute Gasteiger partial charge is 0.497 e. The van der Waals surface area contributed by atoms with Gasteiger partial charge in [-0.05, 0) is 12.2 Å². The number of guanidine groups is 1. The lowest BCUT2D eigenvalue weighted by Crippen LogP contribution is -2.48. The predicted molar refractivity (Wildman–Crippen MR) is 105 cm³/mol. The SMILES string of the molecule is C=C(/C=C\C1=C(COC)N=C(NC(=O)c2cnc(N)nc2)N2CCN=C12)OC. The van der Waals surface area contributed by atoms with Crippen LogP contribution >= 0.6 is 0 Å². The van der Waals surface area contributed by atoms with Crippen LogP contribution in [0.25, 0.3) is 0 Å². The molecular formula is C18H21N7O3. The van der Waals surface area contributed by atoms with Gasteiger partial charge >= 0.3 is 0 Å². The third-order valence-corrected chi connectivity index (χ3v) is 4.03. The average Bonchev–Trinajstić information content (AvgIpc) is 3.18. The second-order valence-corrected chi connectivity index (χ2v) is 5.87. The van der Waals surface area contributed by atoms with Gasteiger partial charge < -0.3 is 15.2 Å². The molecule has 28 heavy (non-hydrogen) atoms. The number of anilines is 1. The Labute approximate surface area is 162 Å². The highest BCUT2D eigenvalue weighted by Crippen LogP contribution is 2.23. The number of ether oxygens (including phenoxy) is 2. The highest BCUT2D eigenvalue weighted by Gasteiger charge is 2.31. The number of aromatic nitrogens is 2. The Bertz CT molecular complexity index is 900. The lowest BCUT2D eigenvalue weighted by atomic mass is 10.1. The molecule has 1 amide bonds. The molecule has 0 unspecified atom stereocenters. The van der Waals surface area contributed by atoms with Gasteiger partial charge in [0.15, 0.2) is 0 Å². The van der Waals surface area contributed by atoms with Gasteiger partial charge in [0.1, 0.15) is 11.6 Å². The Morgan fingerprint density at radius 3 is 2.82 bits per heavy atom. The molecule has 3 N–H and O–H groups in total. The third kappa shape index (κ3) is 4.07. The third-order valence-electron chi connectivity index (χ3n) is 4.03. The summed E-state index contributed by atoms with van der Waals surface area (Å²) < 4.78 is 10.3. The summed E-state index contributed by atoms with van der Waals surface area (Å²) in [5, 5.41) is 2.79. The maximum atomic E-state index is 12.5. The van der Waals surface area contributed by atoms with Gasteiger partial charge in [0.05, 0.1) is 31.5 Å². The lowest BCUT2D eigenvalue weighted by Gasteiger charge is -2.28. The zero-order valence-corrected chi connectivity index (χ0v) is 15.7. The van der Waals surface area contributed by atoms with Crippen molar-refractivity contribution in [1.29, 1.82) is 0 Å². The molecule has 0 saturated heterocycles. The number of rotatable bonds is 6. The predicted octanol–water partition coefficient (Wildman–Crippen LogP) is 0.489. The van der Waals surface area contributed by atoms with Crippen molar-refractivity contribution in [3.05, 3.63) is 53.7 Å². The minimum Gasteiger partial charge on any atom is -0.497 e. The molecule has 0 aromatic carbocycles. The van der Waals surface area contributed by atoms with Crippen LogP contribution in [-0.2, 0) is 9.47 Å². The van der Waals surface area contributed by atoms with Crippen molar-refractivity contribution in [3.63, 3.8) is 0 Å². The Hall–Kier alpha value is -3.53. The molecule has 1 aromatic heterocycles. The summed E-state index contributed by atoms with van der Waals surface area (Å²) in [7, 11) is 3.12. The Morgan fingerprint density at radius 2 is 2.14 bits per heavy atom. The molecule has 146 valence electrons. The van der Waals surface area contributed by atoms with E-state index >= 15 is 0 Å². The molecule has 10 heteroatoms. The summed E-state index contributed by atoms with van der Waals surface area (Å²) in [6.45, 7) is 5.20. The molecule has 0 spiro atoms. The van der Waals surface area contributed by atoms with Gasteiger partial charge in [-0.15, -0.1) is 0 Å². The number of carbonyl (C=O) groups excluding carboxylic acids is 1. The van der Waals surface area contributed by atoms with Gasteiger partial charge in [0.25, 0.3) is 5.91 Å². The summed E-state index contributed by atoms with van der Waals surface area (Å²) in [4.78, 5) is 31.2. The van der Waals surface area contributed by atoms with E-state index in [1.807, 2.05) is 11.0 Å².